The van der Waals surface area contributed by atoms with Gasteiger partial charge in [0.25, 0.3) is 0 Å². The number of aliphatic hydroxyl groups excluding tert-OH is 2. The minimum atomic E-state index is -0.695. The topological polar surface area (TPSA) is 61.7 Å². The number of β-amino-alcohol motifs (C(OH)–C–C–N with tert-alkyl or cyclic N) is 1. The number of hydrogen-bond donors (Lipinski definition) is 3. The predicted molar refractivity (Wildman–Crippen MR) is 81.7 cm³/mol. The summed E-state index contributed by atoms with van der Waals surface area (Å²) >= 11 is 11.8. The summed E-state index contributed by atoms with van der Waals surface area (Å²) in [7, 11) is 0. The second-order valence-electron chi connectivity index (χ2n) is 4.99. The smallest absolute Gasteiger partial charge is 0.138 e. The van der Waals surface area contributed by atoms with Crippen molar-refractivity contribution < 1.29 is 14.9 Å². The number of halogens is 2. The lowest BCUT2D eigenvalue weighted by molar-refractivity contribution is 0.0866. The van der Waals surface area contributed by atoms with Crippen molar-refractivity contribution >= 4 is 23.2 Å². The van der Waals surface area contributed by atoms with Crippen LogP contribution in [0.4, 0.5) is 0 Å². The minimum Gasteiger partial charge on any atom is -0.489 e. The van der Waals surface area contributed by atoms with E-state index in [0.29, 0.717) is 22.3 Å². The summed E-state index contributed by atoms with van der Waals surface area (Å²) in [5.41, 5.74) is -0.390. The average molecular weight is 322 g/mol. The summed E-state index contributed by atoms with van der Waals surface area (Å²) in [6.45, 7) is 4.33. The van der Waals surface area contributed by atoms with E-state index in [0.717, 1.165) is 6.42 Å². The van der Waals surface area contributed by atoms with Crippen LogP contribution >= 0.6 is 23.2 Å². The van der Waals surface area contributed by atoms with Gasteiger partial charge < -0.3 is 20.3 Å². The standard InChI is InChI=1S/C14H21Cl2NO3/c1-3-14(2,9-18)17-7-11(19)8-20-13-5-4-10(15)6-12(13)16/h4-6,11,17-19H,3,7-9H2,1-2H3. The SMILES string of the molecule is CCC(C)(CO)NCC(O)COc1ccc(Cl)cc1Cl. The first-order valence-corrected chi connectivity index (χ1v) is 7.27. The van der Waals surface area contributed by atoms with E-state index in [1.807, 2.05) is 13.8 Å². The summed E-state index contributed by atoms with van der Waals surface area (Å²) < 4.78 is 5.44. The Morgan fingerprint density at radius 2 is 2.10 bits per heavy atom. The van der Waals surface area contributed by atoms with Gasteiger partial charge in [0.2, 0.25) is 0 Å². The van der Waals surface area contributed by atoms with Crippen molar-refractivity contribution in [1.29, 1.82) is 0 Å². The number of ether oxygens (including phenoxy) is 1. The van der Waals surface area contributed by atoms with Gasteiger partial charge in [-0.2, -0.15) is 0 Å². The molecule has 0 saturated heterocycles. The number of benzene rings is 1. The molecule has 0 aromatic heterocycles. The highest BCUT2D eigenvalue weighted by molar-refractivity contribution is 6.35. The first-order chi connectivity index (χ1) is 9.40. The van der Waals surface area contributed by atoms with E-state index >= 15 is 0 Å². The first-order valence-electron chi connectivity index (χ1n) is 6.52. The van der Waals surface area contributed by atoms with Crippen molar-refractivity contribution in [3.8, 4) is 5.75 Å². The molecule has 0 spiro atoms. The highest BCUT2D eigenvalue weighted by Crippen LogP contribution is 2.27. The van der Waals surface area contributed by atoms with Gasteiger partial charge in [-0.1, -0.05) is 30.1 Å². The van der Waals surface area contributed by atoms with E-state index in [1.54, 1.807) is 18.2 Å². The lowest BCUT2D eigenvalue weighted by Gasteiger charge is -2.28. The molecule has 0 aliphatic rings. The highest BCUT2D eigenvalue weighted by Gasteiger charge is 2.21. The van der Waals surface area contributed by atoms with Crippen LogP contribution in [-0.2, 0) is 0 Å². The molecule has 1 rings (SSSR count). The Morgan fingerprint density at radius 3 is 2.65 bits per heavy atom. The normalized spacial score (nSPS) is 15.7. The van der Waals surface area contributed by atoms with Crippen molar-refractivity contribution in [1.82, 2.24) is 5.32 Å². The third-order valence-corrected chi connectivity index (χ3v) is 3.75. The Balaban J connectivity index is 2.41. The van der Waals surface area contributed by atoms with Crippen molar-refractivity contribution in [2.45, 2.75) is 31.9 Å². The summed E-state index contributed by atoms with van der Waals surface area (Å²) in [6.07, 6.45) is 0.0688. The highest BCUT2D eigenvalue weighted by atomic mass is 35.5. The molecule has 0 amide bonds. The molecule has 0 aliphatic carbocycles. The van der Waals surface area contributed by atoms with Gasteiger partial charge in [0.1, 0.15) is 18.5 Å². The maximum atomic E-state index is 9.87. The lowest BCUT2D eigenvalue weighted by Crippen LogP contribution is -2.49. The Bertz CT molecular complexity index is 425. The Labute approximate surface area is 129 Å². The summed E-state index contributed by atoms with van der Waals surface area (Å²) in [6, 6.07) is 4.92. The largest absolute Gasteiger partial charge is 0.489 e. The Morgan fingerprint density at radius 1 is 1.40 bits per heavy atom. The molecule has 3 N–H and O–H groups in total. The Hall–Kier alpha value is -0.520. The van der Waals surface area contributed by atoms with Crippen LogP contribution in [0.2, 0.25) is 10.0 Å². The van der Waals surface area contributed by atoms with Crippen molar-refractivity contribution in [2.24, 2.45) is 0 Å². The molecule has 0 heterocycles. The molecule has 0 aliphatic heterocycles. The fraction of sp³-hybridized carbons (Fsp3) is 0.571. The van der Waals surface area contributed by atoms with Gasteiger partial charge >= 0.3 is 0 Å². The van der Waals surface area contributed by atoms with Crippen LogP contribution in [0.3, 0.4) is 0 Å². The summed E-state index contributed by atoms with van der Waals surface area (Å²) in [5, 5.41) is 23.2. The fourth-order valence-electron chi connectivity index (χ4n) is 1.49. The van der Waals surface area contributed by atoms with E-state index in [9.17, 15) is 10.2 Å². The predicted octanol–water partition coefficient (Wildman–Crippen LogP) is 2.48. The molecule has 2 unspecified atom stereocenters. The molecule has 1 aromatic rings. The van der Waals surface area contributed by atoms with Gasteiger partial charge in [0.15, 0.2) is 0 Å². The third-order valence-electron chi connectivity index (χ3n) is 3.22. The van der Waals surface area contributed by atoms with Gasteiger partial charge in [-0.15, -0.1) is 0 Å². The van der Waals surface area contributed by atoms with Crippen LogP contribution in [0.5, 0.6) is 5.75 Å². The zero-order valence-corrected chi connectivity index (χ0v) is 13.2. The molecule has 114 valence electrons. The molecule has 20 heavy (non-hydrogen) atoms. The van der Waals surface area contributed by atoms with Crippen molar-refractivity contribution in [3.05, 3.63) is 28.2 Å². The van der Waals surface area contributed by atoms with Crippen LogP contribution in [0, 0.1) is 0 Å². The lowest BCUT2D eigenvalue weighted by atomic mass is 10.0. The van der Waals surface area contributed by atoms with Gasteiger partial charge in [0.05, 0.1) is 11.6 Å². The average Bonchev–Trinajstić information content (AvgIpc) is 2.44. The van der Waals surface area contributed by atoms with E-state index in [4.69, 9.17) is 27.9 Å². The number of nitrogens with one attached hydrogen (secondary N) is 1. The minimum absolute atomic E-state index is 0.0140. The summed E-state index contributed by atoms with van der Waals surface area (Å²) in [4.78, 5) is 0. The molecule has 1 aromatic carbocycles. The first kappa shape index (κ1) is 17.5. The van der Waals surface area contributed by atoms with E-state index in [1.165, 1.54) is 0 Å². The molecule has 0 bridgehead atoms. The Kier molecular flexibility index (Phi) is 7.06. The van der Waals surface area contributed by atoms with Gasteiger partial charge in [-0.3, -0.25) is 0 Å². The number of aliphatic hydroxyl groups is 2. The zero-order chi connectivity index (χ0) is 15.2. The third kappa shape index (κ3) is 5.46. The van der Waals surface area contributed by atoms with Gasteiger partial charge in [0, 0.05) is 17.1 Å². The monoisotopic (exact) mass is 321 g/mol. The van der Waals surface area contributed by atoms with Crippen LogP contribution < -0.4 is 10.1 Å². The van der Waals surface area contributed by atoms with E-state index < -0.39 is 6.10 Å². The van der Waals surface area contributed by atoms with Crippen molar-refractivity contribution in [2.75, 3.05) is 19.8 Å². The number of hydrogen-bond acceptors (Lipinski definition) is 4. The van der Waals surface area contributed by atoms with Gasteiger partial charge in [-0.25, -0.2) is 0 Å². The molecule has 0 fully saturated rings. The molecular formula is C14H21Cl2NO3. The molecule has 0 radical (unpaired) electrons. The van der Waals surface area contributed by atoms with Crippen molar-refractivity contribution in [3.63, 3.8) is 0 Å². The fourth-order valence-corrected chi connectivity index (χ4v) is 1.96. The second kappa shape index (κ2) is 8.05. The molecular weight excluding hydrogens is 301 g/mol. The number of rotatable bonds is 8. The molecule has 6 heteroatoms. The van der Waals surface area contributed by atoms with Crippen LogP contribution in [0.15, 0.2) is 18.2 Å². The van der Waals surface area contributed by atoms with E-state index in [2.05, 4.69) is 5.32 Å². The quantitative estimate of drug-likeness (QED) is 0.688. The molecule has 4 nitrogen and oxygen atoms in total. The summed E-state index contributed by atoms with van der Waals surface area (Å²) in [5.74, 6) is 0.482. The maximum absolute atomic E-state index is 9.87. The van der Waals surface area contributed by atoms with Crippen LogP contribution in [-0.4, -0.2) is 41.6 Å². The van der Waals surface area contributed by atoms with Crippen LogP contribution in [0.1, 0.15) is 20.3 Å². The maximum Gasteiger partial charge on any atom is 0.138 e. The van der Waals surface area contributed by atoms with Gasteiger partial charge in [-0.05, 0) is 31.5 Å². The molecule has 2 atom stereocenters. The second-order valence-corrected chi connectivity index (χ2v) is 5.84. The van der Waals surface area contributed by atoms with E-state index in [-0.39, 0.29) is 18.8 Å². The molecule has 0 saturated carbocycles. The zero-order valence-electron chi connectivity index (χ0n) is 11.7. The van der Waals surface area contributed by atoms with Crippen LogP contribution in [0.25, 0.3) is 0 Å².